The van der Waals surface area contributed by atoms with Crippen LogP contribution in [0.2, 0.25) is 0 Å². The lowest BCUT2D eigenvalue weighted by atomic mass is 10.2. The van der Waals surface area contributed by atoms with Crippen LogP contribution in [0.5, 0.6) is 5.75 Å². The summed E-state index contributed by atoms with van der Waals surface area (Å²) in [5.41, 5.74) is -0.423. The monoisotopic (exact) mass is 315 g/mol. The van der Waals surface area contributed by atoms with Gasteiger partial charge in [0.15, 0.2) is 0 Å². The van der Waals surface area contributed by atoms with E-state index in [4.69, 9.17) is 9.47 Å². The predicted molar refractivity (Wildman–Crippen MR) is 72.5 cm³/mol. The van der Waals surface area contributed by atoms with Crippen LogP contribution < -0.4 is 4.74 Å². The standard InChI is InChI=1S/C13H18BrNO3/c1-13(2,3)18-12(16)5-4-8-17-10-6-7-11(14)15-9-10/h6-7,9H,4-5,8H2,1-3H3. The lowest BCUT2D eigenvalue weighted by Gasteiger charge is -2.19. The van der Waals surface area contributed by atoms with Gasteiger partial charge in [0.2, 0.25) is 0 Å². The number of esters is 1. The zero-order chi connectivity index (χ0) is 13.6. The quantitative estimate of drug-likeness (QED) is 0.475. The number of rotatable bonds is 5. The minimum Gasteiger partial charge on any atom is -0.492 e. The van der Waals surface area contributed by atoms with Crippen molar-refractivity contribution in [3.8, 4) is 5.75 Å². The highest BCUT2D eigenvalue weighted by Crippen LogP contribution is 2.13. The Hall–Kier alpha value is -1.10. The first-order valence-corrected chi connectivity index (χ1v) is 6.62. The number of hydrogen-bond acceptors (Lipinski definition) is 4. The summed E-state index contributed by atoms with van der Waals surface area (Å²) < 4.78 is 11.4. The lowest BCUT2D eigenvalue weighted by molar-refractivity contribution is -0.155. The molecule has 0 bridgehead atoms. The first-order valence-electron chi connectivity index (χ1n) is 5.83. The average molecular weight is 316 g/mol. The van der Waals surface area contributed by atoms with E-state index in [0.717, 1.165) is 4.60 Å². The van der Waals surface area contributed by atoms with Crippen molar-refractivity contribution in [2.24, 2.45) is 0 Å². The van der Waals surface area contributed by atoms with Gasteiger partial charge in [0.1, 0.15) is 16.0 Å². The molecule has 1 rings (SSSR count). The Morgan fingerprint density at radius 1 is 1.39 bits per heavy atom. The van der Waals surface area contributed by atoms with Gasteiger partial charge in [0.25, 0.3) is 0 Å². The van der Waals surface area contributed by atoms with Gasteiger partial charge in [0.05, 0.1) is 12.8 Å². The molecule has 0 atom stereocenters. The molecule has 1 aromatic heterocycles. The van der Waals surface area contributed by atoms with E-state index in [9.17, 15) is 4.79 Å². The first kappa shape index (κ1) is 15.0. The predicted octanol–water partition coefficient (Wildman–Crippen LogP) is 3.34. The van der Waals surface area contributed by atoms with Crippen LogP contribution in [-0.2, 0) is 9.53 Å². The Morgan fingerprint density at radius 3 is 2.67 bits per heavy atom. The van der Waals surface area contributed by atoms with Gasteiger partial charge in [-0.2, -0.15) is 0 Å². The van der Waals surface area contributed by atoms with Crippen molar-refractivity contribution < 1.29 is 14.3 Å². The fourth-order valence-corrected chi connectivity index (χ4v) is 1.48. The van der Waals surface area contributed by atoms with Crippen molar-refractivity contribution in [3.05, 3.63) is 22.9 Å². The largest absolute Gasteiger partial charge is 0.492 e. The van der Waals surface area contributed by atoms with Crippen molar-refractivity contribution in [1.29, 1.82) is 0 Å². The van der Waals surface area contributed by atoms with Crippen molar-refractivity contribution >= 4 is 21.9 Å². The Balaban J connectivity index is 2.19. The molecule has 0 aliphatic rings. The molecule has 5 heteroatoms. The van der Waals surface area contributed by atoms with Crippen LogP contribution in [0.3, 0.4) is 0 Å². The average Bonchev–Trinajstić information content (AvgIpc) is 2.24. The van der Waals surface area contributed by atoms with Crippen LogP contribution in [0.25, 0.3) is 0 Å². The zero-order valence-corrected chi connectivity index (χ0v) is 12.5. The maximum absolute atomic E-state index is 11.4. The summed E-state index contributed by atoms with van der Waals surface area (Å²) >= 11 is 3.25. The Morgan fingerprint density at radius 2 is 2.11 bits per heavy atom. The molecule has 0 N–H and O–H groups in total. The molecule has 0 fully saturated rings. The molecule has 0 saturated carbocycles. The summed E-state index contributed by atoms with van der Waals surface area (Å²) in [4.78, 5) is 15.5. The first-order chi connectivity index (χ1) is 8.37. The SMILES string of the molecule is CC(C)(C)OC(=O)CCCOc1ccc(Br)nc1. The number of carbonyl (C=O) groups is 1. The van der Waals surface area contributed by atoms with E-state index in [-0.39, 0.29) is 5.97 Å². The number of ether oxygens (including phenoxy) is 2. The van der Waals surface area contributed by atoms with E-state index in [1.54, 1.807) is 6.20 Å². The van der Waals surface area contributed by atoms with E-state index in [1.807, 2.05) is 32.9 Å². The summed E-state index contributed by atoms with van der Waals surface area (Å²) in [5.74, 6) is 0.502. The molecule has 0 amide bonds. The Bertz CT molecular complexity index is 384. The van der Waals surface area contributed by atoms with Gasteiger partial charge in [-0.15, -0.1) is 0 Å². The summed E-state index contributed by atoms with van der Waals surface area (Å²) in [6, 6.07) is 3.63. The van der Waals surface area contributed by atoms with Crippen molar-refractivity contribution in [2.45, 2.75) is 39.2 Å². The van der Waals surface area contributed by atoms with Crippen molar-refractivity contribution in [1.82, 2.24) is 4.98 Å². The van der Waals surface area contributed by atoms with Gasteiger partial charge >= 0.3 is 5.97 Å². The maximum atomic E-state index is 11.4. The molecule has 100 valence electrons. The van der Waals surface area contributed by atoms with Gasteiger partial charge in [-0.3, -0.25) is 4.79 Å². The second kappa shape index (κ2) is 6.73. The molecular weight excluding hydrogens is 298 g/mol. The Labute approximate surface area is 116 Å². The maximum Gasteiger partial charge on any atom is 0.306 e. The summed E-state index contributed by atoms with van der Waals surface area (Å²) in [7, 11) is 0. The third-order valence-electron chi connectivity index (χ3n) is 1.91. The van der Waals surface area contributed by atoms with Gasteiger partial charge in [-0.05, 0) is 55.3 Å². The van der Waals surface area contributed by atoms with Crippen LogP contribution >= 0.6 is 15.9 Å². The number of pyridine rings is 1. The molecule has 0 aliphatic heterocycles. The minimum absolute atomic E-state index is 0.194. The number of aromatic nitrogens is 1. The highest BCUT2D eigenvalue weighted by Gasteiger charge is 2.15. The summed E-state index contributed by atoms with van der Waals surface area (Å²) in [6.45, 7) is 6.04. The van der Waals surface area contributed by atoms with Gasteiger partial charge in [-0.1, -0.05) is 0 Å². The smallest absolute Gasteiger partial charge is 0.306 e. The highest BCUT2D eigenvalue weighted by atomic mass is 79.9. The molecule has 0 spiro atoms. The van der Waals surface area contributed by atoms with E-state index in [2.05, 4.69) is 20.9 Å². The van der Waals surface area contributed by atoms with Crippen LogP contribution in [0.4, 0.5) is 0 Å². The number of nitrogens with zero attached hydrogens (tertiary/aromatic N) is 1. The number of carbonyl (C=O) groups excluding carboxylic acids is 1. The molecule has 18 heavy (non-hydrogen) atoms. The number of hydrogen-bond donors (Lipinski definition) is 0. The van der Waals surface area contributed by atoms with E-state index >= 15 is 0 Å². The molecule has 1 heterocycles. The van der Waals surface area contributed by atoms with Crippen LogP contribution in [0, 0.1) is 0 Å². The van der Waals surface area contributed by atoms with Crippen molar-refractivity contribution in [2.75, 3.05) is 6.61 Å². The molecule has 0 saturated heterocycles. The minimum atomic E-state index is -0.423. The van der Waals surface area contributed by atoms with Gasteiger partial charge in [0, 0.05) is 6.42 Å². The lowest BCUT2D eigenvalue weighted by Crippen LogP contribution is -2.23. The second-order valence-electron chi connectivity index (χ2n) is 4.86. The molecular formula is C13H18BrNO3. The van der Waals surface area contributed by atoms with E-state index < -0.39 is 5.60 Å². The zero-order valence-electron chi connectivity index (χ0n) is 10.9. The van der Waals surface area contributed by atoms with Gasteiger partial charge in [-0.25, -0.2) is 4.98 Å². The molecule has 1 aromatic rings. The fraction of sp³-hybridized carbons (Fsp3) is 0.538. The van der Waals surface area contributed by atoms with Crippen LogP contribution in [-0.4, -0.2) is 23.2 Å². The summed E-state index contributed by atoms with van der Waals surface area (Å²) in [6.07, 6.45) is 2.63. The number of halogens is 1. The Kier molecular flexibility index (Phi) is 5.59. The summed E-state index contributed by atoms with van der Waals surface area (Å²) in [5, 5.41) is 0. The topological polar surface area (TPSA) is 48.4 Å². The fourth-order valence-electron chi connectivity index (χ4n) is 1.25. The molecule has 0 aromatic carbocycles. The molecule has 0 unspecified atom stereocenters. The molecule has 0 radical (unpaired) electrons. The normalized spacial score (nSPS) is 11.1. The molecule has 4 nitrogen and oxygen atoms in total. The van der Waals surface area contributed by atoms with E-state index in [0.29, 0.717) is 25.2 Å². The van der Waals surface area contributed by atoms with E-state index in [1.165, 1.54) is 0 Å². The highest BCUT2D eigenvalue weighted by molar-refractivity contribution is 9.10. The van der Waals surface area contributed by atoms with Crippen LogP contribution in [0.15, 0.2) is 22.9 Å². The van der Waals surface area contributed by atoms with Gasteiger partial charge < -0.3 is 9.47 Å². The third-order valence-corrected chi connectivity index (χ3v) is 2.38. The third kappa shape index (κ3) is 6.59. The molecule has 0 aliphatic carbocycles. The second-order valence-corrected chi connectivity index (χ2v) is 5.67. The van der Waals surface area contributed by atoms with Crippen LogP contribution in [0.1, 0.15) is 33.6 Å². The van der Waals surface area contributed by atoms with Crippen molar-refractivity contribution in [3.63, 3.8) is 0 Å².